The molecule has 0 spiro atoms. The summed E-state index contributed by atoms with van der Waals surface area (Å²) in [7, 11) is 0. The molecule has 11 heteroatoms. The van der Waals surface area contributed by atoms with Gasteiger partial charge in [-0.2, -0.15) is 0 Å². The second-order valence-electron chi connectivity index (χ2n) is 10.2. The van der Waals surface area contributed by atoms with Gasteiger partial charge in [-0.3, -0.25) is 14.4 Å². The average Bonchev–Trinajstić information content (AvgIpc) is 2.85. The maximum absolute atomic E-state index is 13.2. The quantitative estimate of drug-likeness (QED) is 0.297. The molecule has 0 aromatic heterocycles. The van der Waals surface area contributed by atoms with Gasteiger partial charge in [0, 0.05) is 41.4 Å². The Labute approximate surface area is 232 Å². The topological polar surface area (TPSA) is 185 Å². The maximum atomic E-state index is 13.2. The lowest BCUT2D eigenvalue weighted by Crippen LogP contribution is -2.46. The normalized spacial score (nSPS) is 18.2. The highest BCUT2D eigenvalue weighted by Gasteiger charge is 2.35. The zero-order chi connectivity index (χ0) is 27.1. The fourth-order valence-electron chi connectivity index (χ4n) is 5.52. The van der Waals surface area contributed by atoms with E-state index in [0.29, 0.717) is 50.3 Å². The molecule has 0 saturated carbocycles. The molecule has 6 N–H and O–H groups in total. The molecule has 0 radical (unpaired) electrons. The second kappa shape index (κ2) is 15.7. The number of hydrogen-bond acceptors (Lipinski definition) is 8. The number of aromatic hydroxyl groups is 1. The van der Waals surface area contributed by atoms with E-state index in [1.165, 1.54) is 6.92 Å². The lowest BCUT2D eigenvalue weighted by atomic mass is 9.72. The van der Waals surface area contributed by atoms with E-state index in [-0.39, 0.29) is 88.8 Å². The van der Waals surface area contributed by atoms with Crippen molar-refractivity contribution in [2.75, 3.05) is 39.5 Å². The SMILES string of the molecule is C.CC(=O)CC(=O)C(CO)C(CCO)CC1CC(=O)c2c(O)c(C)cc(CNC(=O)N3CCOCC3)c2C1.O.[HH].[HH]. The maximum Gasteiger partial charge on any atom is 0.317 e. The van der Waals surface area contributed by atoms with Crippen molar-refractivity contribution in [3.63, 3.8) is 0 Å². The molecule has 1 saturated heterocycles. The molecule has 1 heterocycles. The number of benzene rings is 1. The second-order valence-corrected chi connectivity index (χ2v) is 10.2. The number of fused-ring (bicyclic) bond motifs is 1. The molecule has 3 unspecified atom stereocenters. The summed E-state index contributed by atoms with van der Waals surface area (Å²) in [6.45, 7) is 4.56. The van der Waals surface area contributed by atoms with Crippen LogP contribution in [0.25, 0.3) is 0 Å². The van der Waals surface area contributed by atoms with Crippen molar-refractivity contribution in [2.45, 2.75) is 59.9 Å². The van der Waals surface area contributed by atoms with E-state index in [2.05, 4.69) is 5.32 Å². The molecule has 39 heavy (non-hydrogen) atoms. The molecule has 2 aliphatic rings. The molecule has 1 aliphatic heterocycles. The number of aryl methyl sites for hydroxylation is 1. The van der Waals surface area contributed by atoms with Crippen LogP contribution in [0, 0.1) is 24.7 Å². The van der Waals surface area contributed by atoms with Crippen LogP contribution in [-0.4, -0.2) is 88.6 Å². The molecule has 1 aliphatic carbocycles. The van der Waals surface area contributed by atoms with Crippen LogP contribution >= 0.6 is 0 Å². The van der Waals surface area contributed by atoms with E-state index in [4.69, 9.17) is 4.74 Å². The number of carbonyl (C=O) groups excluding carboxylic acids is 4. The minimum Gasteiger partial charge on any atom is -0.507 e. The van der Waals surface area contributed by atoms with E-state index in [1.807, 2.05) is 0 Å². The van der Waals surface area contributed by atoms with E-state index in [0.717, 1.165) is 5.56 Å². The summed E-state index contributed by atoms with van der Waals surface area (Å²) in [5.41, 5.74) is 2.24. The summed E-state index contributed by atoms with van der Waals surface area (Å²) in [5, 5.41) is 33.1. The van der Waals surface area contributed by atoms with Gasteiger partial charge < -0.3 is 35.7 Å². The summed E-state index contributed by atoms with van der Waals surface area (Å²) in [4.78, 5) is 51.6. The van der Waals surface area contributed by atoms with Crippen LogP contribution in [0.1, 0.15) is 69.9 Å². The lowest BCUT2D eigenvalue weighted by molar-refractivity contribution is -0.131. The minimum atomic E-state index is -0.800. The van der Waals surface area contributed by atoms with Gasteiger partial charge in [-0.1, -0.05) is 13.5 Å². The number of nitrogens with zero attached hydrogens (tertiary/aromatic N) is 1. The Balaban J connectivity index is 0. The Morgan fingerprint density at radius 2 is 1.87 bits per heavy atom. The summed E-state index contributed by atoms with van der Waals surface area (Å²) < 4.78 is 5.29. The molecule has 11 nitrogen and oxygen atoms in total. The number of ketones is 3. The summed E-state index contributed by atoms with van der Waals surface area (Å²) in [6.07, 6.45) is 0.978. The first kappa shape index (κ1) is 34.2. The number of urea groups is 1. The van der Waals surface area contributed by atoms with Gasteiger partial charge in [0.25, 0.3) is 0 Å². The Kier molecular flexibility index (Phi) is 13.7. The van der Waals surface area contributed by atoms with Gasteiger partial charge in [-0.15, -0.1) is 0 Å². The van der Waals surface area contributed by atoms with Gasteiger partial charge >= 0.3 is 6.03 Å². The van der Waals surface area contributed by atoms with Crippen molar-refractivity contribution >= 4 is 23.4 Å². The van der Waals surface area contributed by atoms with Gasteiger partial charge in [-0.05, 0) is 61.6 Å². The number of hydrogen-bond donors (Lipinski definition) is 4. The molecule has 2 amide bonds. The number of phenols is 1. The number of amides is 2. The van der Waals surface area contributed by atoms with Gasteiger partial charge in [0.1, 0.15) is 17.3 Å². The van der Waals surface area contributed by atoms with Crippen LogP contribution in [0.4, 0.5) is 4.79 Å². The van der Waals surface area contributed by atoms with Gasteiger partial charge in [0.15, 0.2) is 5.78 Å². The van der Waals surface area contributed by atoms with Crippen LogP contribution < -0.4 is 5.32 Å². The molecule has 1 aromatic rings. The summed E-state index contributed by atoms with van der Waals surface area (Å²) in [6, 6.07) is 1.56. The zero-order valence-corrected chi connectivity index (χ0v) is 22.1. The van der Waals surface area contributed by atoms with Gasteiger partial charge in [0.05, 0.1) is 31.8 Å². The van der Waals surface area contributed by atoms with Crippen LogP contribution in [-0.2, 0) is 27.3 Å². The van der Waals surface area contributed by atoms with Crippen LogP contribution in [0.15, 0.2) is 6.07 Å². The van der Waals surface area contributed by atoms with Crippen LogP contribution in [0.3, 0.4) is 0 Å². The highest BCUT2D eigenvalue weighted by atomic mass is 16.5. The predicted molar refractivity (Wildman–Crippen MR) is 149 cm³/mol. The molecule has 1 aromatic carbocycles. The molecule has 224 valence electrons. The molecule has 0 bridgehead atoms. The van der Waals surface area contributed by atoms with Crippen LogP contribution in [0.5, 0.6) is 5.75 Å². The number of rotatable bonds is 11. The van der Waals surface area contributed by atoms with Crippen molar-refractivity contribution in [2.24, 2.45) is 17.8 Å². The number of morpholine rings is 1. The van der Waals surface area contributed by atoms with Gasteiger partial charge in [-0.25, -0.2) is 4.79 Å². The fourth-order valence-corrected chi connectivity index (χ4v) is 5.52. The number of phenolic OH excluding ortho intramolecular Hbond substituents is 1. The Morgan fingerprint density at radius 3 is 2.46 bits per heavy atom. The number of aliphatic hydroxyl groups is 2. The molecule has 1 fully saturated rings. The van der Waals surface area contributed by atoms with E-state index in [9.17, 15) is 34.5 Å². The largest absolute Gasteiger partial charge is 0.507 e. The third kappa shape index (κ3) is 8.56. The van der Waals surface area contributed by atoms with Crippen molar-refractivity contribution < 1.29 is 47.6 Å². The minimum absolute atomic E-state index is 0. The first-order valence-corrected chi connectivity index (χ1v) is 12.9. The van der Waals surface area contributed by atoms with Crippen molar-refractivity contribution in [3.05, 3.63) is 28.3 Å². The molecule has 3 atom stereocenters. The number of ether oxygens (including phenoxy) is 1. The van der Waals surface area contributed by atoms with Crippen LogP contribution in [0.2, 0.25) is 0 Å². The molecule has 3 rings (SSSR count). The molecular formula is C28H48N2O9. The number of nitrogens with one attached hydrogen (secondary N) is 1. The fraction of sp³-hybridized carbons (Fsp3) is 0.643. The Bertz CT molecular complexity index is 1030. The highest BCUT2D eigenvalue weighted by molar-refractivity contribution is 6.02. The number of Topliss-reactive ketones (excluding diaryl/α,β-unsaturated/α-hetero) is 3. The smallest absolute Gasteiger partial charge is 0.317 e. The first-order valence-electron chi connectivity index (χ1n) is 12.9. The highest BCUT2D eigenvalue weighted by Crippen LogP contribution is 2.39. The monoisotopic (exact) mass is 556 g/mol. The third-order valence-corrected chi connectivity index (χ3v) is 7.40. The first-order chi connectivity index (χ1) is 17.7. The zero-order valence-electron chi connectivity index (χ0n) is 22.1. The third-order valence-electron chi connectivity index (χ3n) is 7.40. The Hall–Kier alpha value is -2.86. The van der Waals surface area contributed by atoms with Crippen molar-refractivity contribution in [1.82, 2.24) is 10.2 Å². The van der Waals surface area contributed by atoms with Gasteiger partial charge in [0.2, 0.25) is 0 Å². The summed E-state index contributed by atoms with van der Waals surface area (Å²) in [5.74, 6) is -2.31. The van der Waals surface area contributed by atoms with E-state index in [1.54, 1.807) is 17.9 Å². The number of carbonyl (C=O) groups is 4. The molecular weight excluding hydrogens is 508 g/mol. The Morgan fingerprint density at radius 1 is 1.21 bits per heavy atom. The summed E-state index contributed by atoms with van der Waals surface area (Å²) >= 11 is 0. The standard InChI is InChI=1S/C27H38N2O8.CH4.H2O.2H2/c1-16-9-20(14-28-27(36)29-4-7-37-8-5-29)21-12-18(13-24(34)25(21)26(16)35)11-19(3-6-30)22(15-31)23(33)10-17(2)32;;;;/h9,18-19,22,30-31,35H,3-8,10-15H2,1-2H3,(H,28,36);1H4;1H2;2*1H. The van der Waals surface area contributed by atoms with E-state index < -0.39 is 18.4 Å². The average molecular weight is 557 g/mol. The van der Waals surface area contributed by atoms with Crippen molar-refractivity contribution in [3.8, 4) is 5.75 Å². The lowest BCUT2D eigenvalue weighted by Gasteiger charge is -2.32. The predicted octanol–water partition coefficient (Wildman–Crippen LogP) is 1.84. The number of aliphatic hydroxyl groups excluding tert-OH is 2. The van der Waals surface area contributed by atoms with E-state index >= 15 is 0 Å². The van der Waals surface area contributed by atoms with Crippen molar-refractivity contribution in [1.29, 1.82) is 0 Å².